The van der Waals surface area contributed by atoms with E-state index in [4.69, 9.17) is 25.0 Å². The number of carbonyl (C=O) groups excluding carboxylic acids is 1. The predicted molar refractivity (Wildman–Crippen MR) is 90.3 cm³/mol. The highest BCUT2D eigenvalue weighted by Crippen LogP contribution is 2.37. The van der Waals surface area contributed by atoms with Crippen LogP contribution in [0.15, 0.2) is 42.0 Å². The third kappa shape index (κ3) is 8.96. The number of carbonyl (C=O) groups is 1. The molecule has 24 heavy (non-hydrogen) atoms. The molecular weight excluding hydrogens is 333 g/mol. The number of ether oxygens (including phenoxy) is 2. The zero-order valence-corrected chi connectivity index (χ0v) is 14.5. The van der Waals surface area contributed by atoms with E-state index in [1.54, 1.807) is 6.92 Å². The Balaban J connectivity index is 2.58. The summed E-state index contributed by atoms with van der Waals surface area (Å²) in [7, 11) is -4.26. The van der Waals surface area contributed by atoms with Gasteiger partial charge in [-0.05, 0) is 18.9 Å². The van der Waals surface area contributed by atoms with E-state index in [1.807, 2.05) is 30.3 Å². The van der Waals surface area contributed by atoms with Crippen molar-refractivity contribution in [2.45, 2.75) is 26.0 Å². The Hall–Kier alpha value is -1.50. The van der Waals surface area contributed by atoms with Crippen molar-refractivity contribution >= 4 is 13.6 Å². The van der Waals surface area contributed by atoms with Gasteiger partial charge in [-0.25, -0.2) is 0 Å². The monoisotopic (exact) mass is 357 g/mol. The summed E-state index contributed by atoms with van der Waals surface area (Å²) < 4.78 is 21.5. The van der Waals surface area contributed by atoms with E-state index >= 15 is 0 Å². The third-order valence-corrected chi connectivity index (χ3v) is 3.88. The second kappa shape index (κ2) is 10.4. The lowest BCUT2D eigenvalue weighted by Gasteiger charge is -2.13. The molecule has 134 valence electrons. The summed E-state index contributed by atoms with van der Waals surface area (Å²) in [6.45, 7) is 2.50. The molecule has 0 bridgehead atoms. The highest BCUT2D eigenvalue weighted by atomic mass is 31.2. The van der Waals surface area contributed by atoms with Crippen molar-refractivity contribution in [3.63, 3.8) is 0 Å². The first-order chi connectivity index (χ1) is 11.3. The van der Waals surface area contributed by atoms with Gasteiger partial charge in [-0.1, -0.05) is 42.0 Å². The molecule has 4 N–H and O–H groups in total. The lowest BCUT2D eigenvalue weighted by molar-refractivity contribution is -0.143. The van der Waals surface area contributed by atoms with Gasteiger partial charge in [0.15, 0.2) is 0 Å². The van der Waals surface area contributed by atoms with Crippen LogP contribution in [0.1, 0.15) is 18.9 Å². The fraction of sp³-hybridized carbons (Fsp3) is 0.438. The third-order valence-electron chi connectivity index (χ3n) is 3.06. The van der Waals surface area contributed by atoms with E-state index < -0.39 is 25.8 Å². The van der Waals surface area contributed by atoms with Crippen molar-refractivity contribution in [3.05, 3.63) is 47.5 Å². The SMILES string of the molecule is CCOC(=O)C(N)C=C(CCOCc1ccccc1)CP(=O)(O)O. The molecule has 0 fully saturated rings. The first-order valence-electron chi connectivity index (χ1n) is 7.60. The van der Waals surface area contributed by atoms with Crippen molar-refractivity contribution in [2.24, 2.45) is 5.73 Å². The van der Waals surface area contributed by atoms with Crippen molar-refractivity contribution in [1.29, 1.82) is 0 Å². The molecule has 0 radical (unpaired) electrons. The second-order valence-electron chi connectivity index (χ2n) is 5.21. The molecule has 0 aliphatic heterocycles. The molecule has 0 heterocycles. The minimum Gasteiger partial charge on any atom is -0.465 e. The molecule has 0 aromatic heterocycles. The number of esters is 1. The lowest BCUT2D eigenvalue weighted by Crippen LogP contribution is -2.31. The maximum atomic E-state index is 11.5. The summed E-state index contributed by atoms with van der Waals surface area (Å²) in [5, 5.41) is 0. The number of benzene rings is 1. The Kier molecular flexibility index (Phi) is 8.89. The molecule has 0 spiro atoms. The summed E-state index contributed by atoms with van der Waals surface area (Å²) in [6.07, 6.45) is 1.14. The first-order valence-corrected chi connectivity index (χ1v) is 9.39. The van der Waals surface area contributed by atoms with E-state index in [1.165, 1.54) is 6.08 Å². The van der Waals surface area contributed by atoms with Crippen LogP contribution in [0.3, 0.4) is 0 Å². The Bertz CT molecular complexity index is 583. The van der Waals surface area contributed by atoms with Crippen LogP contribution in [-0.4, -0.2) is 41.2 Å². The van der Waals surface area contributed by atoms with Crippen molar-refractivity contribution in [3.8, 4) is 0 Å². The van der Waals surface area contributed by atoms with Gasteiger partial charge >= 0.3 is 13.6 Å². The number of rotatable bonds is 10. The van der Waals surface area contributed by atoms with Gasteiger partial charge in [-0.3, -0.25) is 9.36 Å². The maximum Gasteiger partial charge on any atom is 0.329 e. The standard InChI is InChI=1S/C16H24NO6P/c1-2-23-16(18)15(17)10-14(12-24(19,20)21)8-9-22-11-13-6-4-3-5-7-13/h3-7,10,15H,2,8-9,11-12,17H2,1H3,(H2,19,20,21). The largest absolute Gasteiger partial charge is 0.465 e. The number of nitrogens with two attached hydrogens (primary N) is 1. The number of hydrogen-bond donors (Lipinski definition) is 3. The second-order valence-corrected chi connectivity index (χ2v) is 6.86. The number of hydrogen-bond acceptors (Lipinski definition) is 5. The zero-order valence-electron chi connectivity index (χ0n) is 13.6. The quantitative estimate of drug-likeness (QED) is 0.252. The topological polar surface area (TPSA) is 119 Å². The normalized spacial score (nSPS) is 13.6. The van der Waals surface area contributed by atoms with E-state index in [0.717, 1.165) is 5.56 Å². The predicted octanol–water partition coefficient (Wildman–Crippen LogP) is 1.59. The van der Waals surface area contributed by atoms with Crippen molar-refractivity contribution in [2.75, 3.05) is 19.4 Å². The smallest absolute Gasteiger partial charge is 0.329 e. The lowest BCUT2D eigenvalue weighted by atomic mass is 10.1. The van der Waals surface area contributed by atoms with Gasteiger partial charge < -0.3 is 25.0 Å². The van der Waals surface area contributed by atoms with E-state index in [0.29, 0.717) is 12.2 Å². The van der Waals surface area contributed by atoms with Gasteiger partial charge in [0, 0.05) is 0 Å². The Morgan fingerprint density at radius 2 is 2.00 bits per heavy atom. The van der Waals surface area contributed by atoms with Crippen LogP contribution < -0.4 is 5.73 Å². The first kappa shape index (κ1) is 20.5. The van der Waals surface area contributed by atoms with Crippen LogP contribution in [0.5, 0.6) is 0 Å². The van der Waals surface area contributed by atoms with Gasteiger partial charge in [-0.15, -0.1) is 0 Å². The highest BCUT2D eigenvalue weighted by Gasteiger charge is 2.19. The molecule has 8 heteroatoms. The van der Waals surface area contributed by atoms with E-state index in [-0.39, 0.29) is 19.6 Å². The summed E-state index contributed by atoms with van der Waals surface area (Å²) in [6, 6.07) is 8.49. The van der Waals surface area contributed by atoms with Gasteiger partial charge in [0.05, 0.1) is 26.0 Å². The Morgan fingerprint density at radius 3 is 2.58 bits per heavy atom. The fourth-order valence-electron chi connectivity index (χ4n) is 2.01. The minimum absolute atomic E-state index is 0.189. The molecule has 1 rings (SSSR count). The van der Waals surface area contributed by atoms with Crippen LogP contribution in [0.2, 0.25) is 0 Å². The summed E-state index contributed by atoms with van der Waals surface area (Å²) in [5.74, 6) is -0.633. The Morgan fingerprint density at radius 1 is 1.33 bits per heavy atom. The average molecular weight is 357 g/mol. The summed E-state index contributed by atoms with van der Waals surface area (Å²) in [4.78, 5) is 29.8. The molecular formula is C16H24NO6P. The summed E-state index contributed by atoms with van der Waals surface area (Å²) in [5.41, 5.74) is 7.05. The fourth-order valence-corrected chi connectivity index (χ4v) is 2.80. The molecule has 1 unspecified atom stereocenters. The highest BCUT2D eigenvalue weighted by molar-refractivity contribution is 7.52. The molecule has 0 aliphatic rings. The van der Waals surface area contributed by atoms with Crippen molar-refractivity contribution < 1.29 is 28.6 Å². The van der Waals surface area contributed by atoms with Crippen LogP contribution >= 0.6 is 7.60 Å². The minimum atomic E-state index is -4.26. The molecule has 1 atom stereocenters. The van der Waals surface area contributed by atoms with Gasteiger partial charge in [-0.2, -0.15) is 0 Å². The molecule has 0 saturated carbocycles. The molecule has 0 saturated heterocycles. The average Bonchev–Trinajstić information content (AvgIpc) is 2.51. The molecule has 1 aromatic carbocycles. The van der Waals surface area contributed by atoms with Gasteiger partial charge in [0.25, 0.3) is 0 Å². The van der Waals surface area contributed by atoms with Crippen LogP contribution in [0.4, 0.5) is 0 Å². The zero-order chi connectivity index (χ0) is 18.0. The van der Waals surface area contributed by atoms with Crippen LogP contribution in [0, 0.1) is 0 Å². The van der Waals surface area contributed by atoms with E-state index in [2.05, 4.69) is 0 Å². The Labute approximate surface area is 141 Å². The van der Waals surface area contributed by atoms with Crippen LogP contribution in [-0.2, 0) is 25.4 Å². The molecule has 0 amide bonds. The van der Waals surface area contributed by atoms with Crippen LogP contribution in [0.25, 0.3) is 0 Å². The molecule has 7 nitrogen and oxygen atoms in total. The maximum absolute atomic E-state index is 11.5. The molecule has 1 aromatic rings. The van der Waals surface area contributed by atoms with Gasteiger partial charge in [0.1, 0.15) is 6.04 Å². The molecule has 0 aliphatic carbocycles. The van der Waals surface area contributed by atoms with Crippen molar-refractivity contribution in [1.82, 2.24) is 0 Å². The van der Waals surface area contributed by atoms with E-state index in [9.17, 15) is 9.36 Å². The van der Waals surface area contributed by atoms with Gasteiger partial charge in [0.2, 0.25) is 0 Å². The summed E-state index contributed by atoms with van der Waals surface area (Å²) >= 11 is 0.